The summed E-state index contributed by atoms with van der Waals surface area (Å²) in [6.45, 7) is 3.47. The average molecular weight is 227 g/mol. The Labute approximate surface area is 94.3 Å². The van der Waals surface area contributed by atoms with Crippen LogP contribution in [-0.4, -0.2) is 46.7 Å². The average Bonchev–Trinajstić information content (AvgIpc) is 2.15. The van der Waals surface area contributed by atoms with Crippen LogP contribution < -0.4 is 5.43 Å². The molecule has 0 aliphatic carbocycles. The molecule has 6 heteroatoms. The Kier molecular flexibility index (Phi) is 3.64. The number of rotatable bonds is 3. The first-order valence-corrected chi connectivity index (χ1v) is 5.13. The highest BCUT2D eigenvalue weighted by Gasteiger charge is 2.24. The minimum atomic E-state index is -0.942. The van der Waals surface area contributed by atoms with Gasteiger partial charge in [-0.05, 0) is 13.8 Å². The molecule has 2 amide bonds. The lowest BCUT2D eigenvalue weighted by atomic mass is 10.1. The minimum Gasteiger partial charge on any atom is -0.389 e. The third kappa shape index (κ3) is 3.62. The molecule has 0 spiro atoms. The molecule has 1 rings (SSSR count). The molecular weight excluding hydrogens is 210 g/mol. The Morgan fingerprint density at radius 3 is 2.62 bits per heavy atom. The number of nitrogens with zero attached hydrogens (tertiary/aromatic N) is 2. The van der Waals surface area contributed by atoms with Gasteiger partial charge in [0.1, 0.15) is 5.71 Å². The topological polar surface area (TPSA) is 82.0 Å². The van der Waals surface area contributed by atoms with Crippen LogP contribution in [0.2, 0.25) is 0 Å². The number of hydrogen-bond donors (Lipinski definition) is 2. The van der Waals surface area contributed by atoms with Crippen LogP contribution in [0.3, 0.4) is 0 Å². The highest BCUT2D eigenvalue weighted by Crippen LogP contribution is 2.07. The van der Waals surface area contributed by atoms with E-state index in [0.29, 0.717) is 12.1 Å². The van der Waals surface area contributed by atoms with Gasteiger partial charge in [-0.2, -0.15) is 5.10 Å². The molecule has 1 aliphatic heterocycles. The normalized spacial score (nSPS) is 16.5. The van der Waals surface area contributed by atoms with E-state index in [-0.39, 0.29) is 24.8 Å². The molecule has 16 heavy (non-hydrogen) atoms. The van der Waals surface area contributed by atoms with Gasteiger partial charge in [0.2, 0.25) is 5.91 Å². The zero-order valence-electron chi connectivity index (χ0n) is 9.78. The van der Waals surface area contributed by atoms with Crippen LogP contribution in [0.25, 0.3) is 0 Å². The standard InChI is InChI=1S/C10H17N3O3/c1-10(2,16)6-13(3)9(15)7-4-5-8(14)12-11-7/h16H,4-6H2,1-3H3,(H,12,14). The predicted molar refractivity (Wildman–Crippen MR) is 58.7 cm³/mol. The second-order valence-corrected chi connectivity index (χ2v) is 4.57. The predicted octanol–water partition coefficient (Wildman–Crippen LogP) is -0.518. The van der Waals surface area contributed by atoms with E-state index >= 15 is 0 Å². The summed E-state index contributed by atoms with van der Waals surface area (Å²) in [7, 11) is 1.60. The lowest BCUT2D eigenvalue weighted by Gasteiger charge is -2.26. The van der Waals surface area contributed by atoms with Crippen molar-refractivity contribution in [3.63, 3.8) is 0 Å². The number of nitrogens with one attached hydrogen (secondary N) is 1. The van der Waals surface area contributed by atoms with Crippen molar-refractivity contribution in [3.05, 3.63) is 0 Å². The Bertz CT molecular complexity index is 331. The van der Waals surface area contributed by atoms with Crippen molar-refractivity contribution in [1.82, 2.24) is 10.3 Å². The number of hydrazone groups is 1. The number of carbonyl (C=O) groups excluding carboxylic acids is 2. The highest BCUT2D eigenvalue weighted by molar-refractivity contribution is 6.39. The van der Waals surface area contributed by atoms with E-state index in [1.165, 1.54) is 4.90 Å². The molecule has 0 saturated carbocycles. The van der Waals surface area contributed by atoms with Crippen molar-refractivity contribution >= 4 is 17.5 Å². The molecule has 6 nitrogen and oxygen atoms in total. The van der Waals surface area contributed by atoms with E-state index < -0.39 is 5.60 Å². The van der Waals surface area contributed by atoms with E-state index in [4.69, 9.17) is 0 Å². The lowest BCUT2D eigenvalue weighted by molar-refractivity contribution is -0.126. The Morgan fingerprint density at radius 2 is 2.19 bits per heavy atom. The first-order valence-electron chi connectivity index (χ1n) is 5.13. The van der Waals surface area contributed by atoms with Gasteiger partial charge in [-0.15, -0.1) is 0 Å². The van der Waals surface area contributed by atoms with E-state index in [9.17, 15) is 14.7 Å². The third-order valence-electron chi connectivity index (χ3n) is 2.12. The Balaban J connectivity index is 2.61. The molecule has 1 aliphatic rings. The molecule has 90 valence electrons. The van der Waals surface area contributed by atoms with Gasteiger partial charge in [0.25, 0.3) is 5.91 Å². The molecular formula is C10H17N3O3. The third-order valence-corrected chi connectivity index (χ3v) is 2.12. The minimum absolute atomic E-state index is 0.179. The second kappa shape index (κ2) is 4.61. The summed E-state index contributed by atoms with van der Waals surface area (Å²) in [5.41, 5.74) is 1.65. The van der Waals surface area contributed by atoms with Crippen LogP contribution in [-0.2, 0) is 9.59 Å². The first kappa shape index (κ1) is 12.6. The summed E-state index contributed by atoms with van der Waals surface area (Å²) in [4.78, 5) is 24.1. The molecule has 0 unspecified atom stereocenters. The van der Waals surface area contributed by atoms with Crippen LogP contribution in [0, 0.1) is 0 Å². The molecule has 0 aromatic heterocycles. The van der Waals surface area contributed by atoms with Gasteiger partial charge in [-0.1, -0.05) is 0 Å². The quantitative estimate of drug-likeness (QED) is 0.680. The summed E-state index contributed by atoms with van der Waals surface area (Å²) in [5, 5.41) is 13.3. The first-order chi connectivity index (χ1) is 7.29. The van der Waals surface area contributed by atoms with Crippen molar-refractivity contribution in [3.8, 4) is 0 Å². The van der Waals surface area contributed by atoms with Gasteiger partial charge < -0.3 is 10.0 Å². The van der Waals surface area contributed by atoms with Crippen molar-refractivity contribution in [2.45, 2.75) is 32.3 Å². The molecule has 2 N–H and O–H groups in total. The fraction of sp³-hybridized carbons (Fsp3) is 0.700. The SMILES string of the molecule is CN(CC(C)(C)O)C(=O)C1=NNC(=O)CC1. The largest absolute Gasteiger partial charge is 0.389 e. The van der Waals surface area contributed by atoms with Crippen molar-refractivity contribution in [1.29, 1.82) is 0 Å². The van der Waals surface area contributed by atoms with Crippen molar-refractivity contribution in [2.24, 2.45) is 5.10 Å². The summed E-state index contributed by atoms with van der Waals surface area (Å²) in [6, 6.07) is 0. The van der Waals surface area contributed by atoms with E-state index in [1.807, 2.05) is 0 Å². The molecule has 0 aromatic rings. The zero-order chi connectivity index (χ0) is 12.3. The Morgan fingerprint density at radius 1 is 1.56 bits per heavy atom. The zero-order valence-corrected chi connectivity index (χ0v) is 9.78. The fourth-order valence-corrected chi connectivity index (χ4v) is 1.50. The lowest BCUT2D eigenvalue weighted by Crippen LogP contribution is -2.44. The van der Waals surface area contributed by atoms with Crippen LogP contribution in [0.1, 0.15) is 26.7 Å². The number of hydrogen-bond acceptors (Lipinski definition) is 4. The van der Waals surface area contributed by atoms with Gasteiger partial charge in [0, 0.05) is 26.4 Å². The van der Waals surface area contributed by atoms with Gasteiger partial charge in [-0.3, -0.25) is 9.59 Å². The van der Waals surface area contributed by atoms with E-state index in [0.717, 1.165) is 0 Å². The maximum atomic E-state index is 11.8. The maximum absolute atomic E-state index is 11.8. The smallest absolute Gasteiger partial charge is 0.269 e. The van der Waals surface area contributed by atoms with Gasteiger partial charge in [-0.25, -0.2) is 5.43 Å². The number of amides is 2. The molecule has 0 saturated heterocycles. The summed E-state index contributed by atoms with van der Waals surface area (Å²) in [6.07, 6.45) is 0.627. The van der Waals surface area contributed by atoms with Crippen LogP contribution in [0.15, 0.2) is 5.10 Å². The van der Waals surface area contributed by atoms with Crippen LogP contribution in [0.4, 0.5) is 0 Å². The molecule has 0 radical (unpaired) electrons. The highest BCUT2D eigenvalue weighted by atomic mass is 16.3. The van der Waals surface area contributed by atoms with Gasteiger partial charge in [0.15, 0.2) is 0 Å². The number of carbonyl (C=O) groups is 2. The molecule has 0 aromatic carbocycles. The van der Waals surface area contributed by atoms with Crippen LogP contribution >= 0.6 is 0 Å². The fourth-order valence-electron chi connectivity index (χ4n) is 1.50. The van der Waals surface area contributed by atoms with Crippen molar-refractivity contribution in [2.75, 3.05) is 13.6 Å². The molecule has 0 fully saturated rings. The molecule has 0 atom stereocenters. The van der Waals surface area contributed by atoms with Crippen molar-refractivity contribution < 1.29 is 14.7 Å². The number of likely N-dealkylation sites (N-methyl/N-ethyl adjacent to an activating group) is 1. The van der Waals surface area contributed by atoms with Gasteiger partial charge >= 0.3 is 0 Å². The molecule has 1 heterocycles. The monoisotopic (exact) mass is 227 g/mol. The van der Waals surface area contributed by atoms with E-state index in [2.05, 4.69) is 10.5 Å². The molecule has 0 bridgehead atoms. The summed E-state index contributed by atoms with van der Waals surface area (Å²) >= 11 is 0. The van der Waals surface area contributed by atoms with E-state index in [1.54, 1.807) is 20.9 Å². The second-order valence-electron chi connectivity index (χ2n) is 4.57. The summed E-state index contributed by atoms with van der Waals surface area (Å²) < 4.78 is 0. The summed E-state index contributed by atoms with van der Waals surface area (Å²) in [5.74, 6) is -0.441. The van der Waals surface area contributed by atoms with Gasteiger partial charge in [0.05, 0.1) is 5.60 Å². The maximum Gasteiger partial charge on any atom is 0.269 e. The Hall–Kier alpha value is -1.43. The van der Waals surface area contributed by atoms with Crippen LogP contribution in [0.5, 0.6) is 0 Å². The number of aliphatic hydroxyl groups is 1.